The van der Waals surface area contributed by atoms with Gasteiger partial charge >= 0.3 is 0 Å². The second-order valence-corrected chi connectivity index (χ2v) is 6.53. The number of nitro benzene ring substituents is 1. The van der Waals surface area contributed by atoms with Gasteiger partial charge in [0.15, 0.2) is 0 Å². The van der Waals surface area contributed by atoms with Gasteiger partial charge < -0.3 is 5.73 Å². The number of nitrogens with two attached hydrogens (primary N) is 1. The van der Waals surface area contributed by atoms with E-state index >= 15 is 4.39 Å². The Kier molecular flexibility index (Phi) is 4.52. The van der Waals surface area contributed by atoms with Gasteiger partial charge in [0, 0.05) is 23.4 Å². The molecule has 1 heterocycles. The van der Waals surface area contributed by atoms with Crippen LogP contribution in [0.2, 0.25) is 0 Å². The van der Waals surface area contributed by atoms with E-state index in [4.69, 9.17) is 5.73 Å². The fourth-order valence-corrected chi connectivity index (χ4v) is 3.30. The van der Waals surface area contributed by atoms with E-state index in [9.17, 15) is 14.9 Å². The highest BCUT2D eigenvalue weighted by Crippen LogP contribution is 2.32. The van der Waals surface area contributed by atoms with Gasteiger partial charge in [-0.05, 0) is 23.3 Å². The average molecular weight is 390 g/mol. The van der Waals surface area contributed by atoms with Gasteiger partial charge in [-0.2, -0.15) is 5.10 Å². The number of fused-ring (bicyclic) bond motifs is 1. The summed E-state index contributed by atoms with van der Waals surface area (Å²) >= 11 is 0. The SMILES string of the molecule is Nc1ccc(-c2cccc(Cc3n[nH]c(=O)c4ccccc34)c2F)cc1[N+](=O)[O-]. The van der Waals surface area contributed by atoms with Crippen LogP contribution >= 0.6 is 0 Å². The van der Waals surface area contributed by atoms with Gasteiger partial charge in [0.05, 0.1) is 16.0 Å². The van der Waals surface area contributed by atoms with Crippen LogP contribution in [0.15, 0.2) is 65.5 Å². The van der Waals surface area contributed by atoms with Crippen molar-refractivity contribution in [3.63, 3.8) is 0 Å². The highest BCUT2D eigenvalue weighted by molar-refractivity contribution is 5.83. The maximum absolute atomic E-state index is 15.3. The first kappa shape index (κ1) is 18.3. The Hall–Kier alpha value is -4.07. The predicted octanol–water partition coefficient (Wildman–Crippen LogP) is 3.81. The number of hydrogen-bond donors (Lipinski definition) is 2. The fraction of sp³-hybridized carbons (Fsp3) is 0.0476. The minimum Gasteiger partial charge on any atom is -0.393 e. The molecule has 3 N–H and O–H groups in total. The molecule has 0 atom stereocenters. The van der Waals surface area contributed by atoms with Crippen molar-refractivity contribution in [2.24, 2.45) is 0 Å². The maximum Gasteiger partial charge on any atom is 0.292 e. The number of nitrogen functional groups attached to an aromatic ring is 1. The van der Waals surface area contributed by atoms with Crippen LogP contribution in [0, 0.1) is 15.9 Å². The summed E-state index contributed by atoms with van der Waals surface area (Å²) in [5.41, 5.74) is 6.51. The first-order valence-corrected chi connectivity index (χ1v) is 8.73. The molecule has 0 amide bonds. The molecule has 0 aliphatic carbocycles. The molecule has 0 radical (unpaired) electrons. The van der Waals surface area contributed by atoms with Crippen LogP contribution in [0.5, 0.6) is 0 Å². The standard InChI is InChI=1S/C21H15FN4O3/c22-20-13(10-18-15-5-1-2-6-16(15)21(27)25-24-18)4-3-7-14(20)12-8-9-17(23)19(11-12)26(28)29/h1-9,11H,10,23H2,(H,25,27). The minimum atomic E-state index is -0.600. The molecule has 0 spiro atoms. The first-order valence-electron chi connectivity index (χ1n) is 8.73. The summed E-state index contributed by atoms with van der Waals surface area (Å²) in [5.74, 6) is -0.511. The zero-order valence-corrected chi connectivity index (χ0v) is 15.1. The molecule has 1 aromatic heterocycles. The lowest BCUT2D eigenvalue weighted by Crippen LogP contribution is -2.11. The number of H-pyrrole nitrogens is 1. The molecule has 0 fully saturated rings. The summed E-state index contributed by atoms with van der Waals surface area (Å²) in [6.07, 6.45) is 0.147. The molecule has 4 aromatic rings. The number of nitro groups is 1. The van der Waals surface area contributed by atoms with Crippen LogP contribution in [0.25, 0.3) is 21.9 Å². The van der Waals surface area contributed by atoms with E-state index in [1.807, 2.05) is 0 Å². The normalized spacial score (nSPS) is 10.9. The quantitative estimate of drug-likeness (QED) is 0.312. The van der Waals surface area contributed by atoms with Crippen LogP contribution in [-0.4, -0.2) is 15.1 Å². The number of rotatable bonds is 4. The maximum atomic E-state index is 15.3. The molecule has 0 aliphatic rings. The van der Waals surface area contributed by atoms with Gasteiger partial charge in [-0.25, -0.2) is 9.49 Å². The zero-order valence-electron chi connectivity index (χ0n) is 15.1. The Bertz CT molecular complexity index is 1320. The highest BCUT2D eigenvalue weighted by atomic mass is 19.1. The summed E-state index contributed by atoms with van der Waals surface area (Å²) in [6, 6.07) is 16.0. The Labute approximate surface area is 163 Å². The van der Waals surface area contributed by atoms with E-state index in [1.54, 1.807) is 42.5 Å². The zero-order chi connectivity index (χ0) is 20.5. The van der Waals surface area contributed by atoms with Gasteiger partial charge in [0.25, 0.3) is 11.2 Å². The molecule has 144 valence electrons. The molecule has 0 saturated heterocycles. The molecule has 0 bridgehead atoms. The van der Waals surface area contributed by atoms with Crippen LogP contribution < -0.4 is 11.3 Å². The number of anilines is 1. The Morgan fingerprint density at radius 1 is 1.07 bits per heavy atom. The first-order chi connectivity index (χ1) is 14.0. The molecule has 7 nitrogen and oxygen atoms in total. The number of hydrogen-bond acceptors (Lipinski definition) is 5. The van der Waals surface area contributed by atoms with E-state index in [-0.39, 0.29) is 28.9 Å². The summed E-state index contributed by atoms with van der Waals surface area (Å²) in [7, 11) is 0. The molecule has 8 heteroatoms. The summed E-state index contributed by atoms with van der Waals surface area (Å²) in [5, 5.41) is 18.8. The lowest BCUT2D eigenvalue weighted by atomic mass is 9.98. The molecular weight excluding hydrogens is 375 g/mol. The minimum absolute atomic E-state index is 0.0132. The third kappa shape index (κ3) is 3.31. The highest BCUT2D eigenvalue weighted by Gasteiger charge is 2.17. The number of aromatic amines is 1. The van der Waals surface area contributed by atoms with Crippen LogP contribution in [-0.2, 0) is 6.42 Å². The van der Waals surface area contributed by atoms with Gasteiger partial charge in [-0.3, -0.25) is 14.9 Å². The van der Waals surface area contributed by atoms with Crippen molar-refractivity contribution in [3.8, 4) is 11.1 Å². The lowest BCUT2D eigenvalue weighted by molar-refractivity contribution is -0.383. The van der Waals surface area contributed by atoms with E-state index in [1.165, 1.54) is 18.2 Å². The third-order valence-electron chi connectivity index (χ3n) is 4.75. The van der Waals surface area contributed by atoms with Crippen molar-refractivity contribution in [1.29, 1.82) is 0 Å². The average Bonchev–Trinajstić information content (AvgIpc) is 2.72. The van der Waals surface area contributed by atoms with Crippen LogP contribution in [0.4, 0.5) is 15.8 Å². The van der Waals surface area contributed by atoms with Crippen molar-refractivity contribution in [2.75, 3.05) is 5.73 Å². The smallest absolute Gasteiger partial charge is 0.292 e. The molecular formula is C21H15FN4O3. The monoisotopic (exact) mass is 390 g/mol. The number of nitrogens with one attached hydrogen (secondary N) is 1. The Balaban J connectivity index is 1.79. The third-order valence-corrected chi connectivity index (χ3v) is 4.75. The van der Waals surface area contributed by atoms with Gasteiger partial charge in [-0.15, -0.1) is 0 Å². The van der Waals surface area contributed by atoms with Gasteiger partial charge in [-0.1, -0.05) is 42.5 Å². The van der Waals surface area contributed by atoms with Gasteiger partial charge in [0.1, 0.15) is 11.5 Å². The van der Waals surface area contributed by atoms with Crippen molar-refractivity contribution in [1.82, 2.24) is 10.2 Å². The van der Waals surface area contributed by atoms with Crippen molar-refractivity contribution < 1.29 is 9.31 Å². The molecule has 29 heavy (non-hydrogen) atoms. The van der Waals surface area contributed by atoms with E-state index in [2.05, 4.69) is 10.2 Å². The summed E-state index contributed by atoms with van der Waals surface area (Å²) in [4.78, 5) is 22.5. The fourth-order valence-electron chi connectivity index (χ4n) is 3.30. The number of benzene rings is 3. The molecule has 0 saturated carbocycles. The second-order valence-electron chi connectivity index (χ2n) is 6.53. The topological polar surface area (TPSA) is 115 Å². The van der Waals surface area contributed by atoms with Gasteiger partial charge in [0.2, 0.25) is 0 Å². The summed E-state index contributed by atoms with van der Waals surface area (Å²) in [6.45, 7) is 0. The van der Waals surface area contributed by atoms with E-state index in [0.29, 0.717) is 27.6 Å². The molecule has 0 unspecified atom stereocenters. The molecule has 0 aliphatic heterocycles. The van der Waals surface area contributed by atoms with E-state index in [0.717, 1.165) is 0 Å². The Morgan fingerprint density at radius 2 is 1.83 bits per heavy atom. The van der Waals surface area contributed by atoms with Crippen molar-refractivity contribution >= 4 is 22.1 Å². The molecule has 3 aromatic carbocycles. The Morgan fingerprint density at radius 3 is 2.59 bits per heavy atom. The van der Waals surface area contributed by atoms with Crippen molar-refractivity contribution in [3.05, 3.63) is 98.2 Å². The number of aromatic nitrogens is 2. The van der Waals surface area contributed by atoms with Crippen LogP contribution in [0.1, 0.15) is 11.3 Å². The van der Waals surface area contributed by atoms with Crippen LogP contribution in [0.3, 0.4) is 0 Å². The number of nitrogens with zero attached hydrogens (tertiary/aromatic N) is 2. The lowest BCUT2D eigenvalue weighted by Gasteiger charge is -2.10. The number of halogens is 1. The van der Waals surface area contributed by atoms with Crippen molar-refractivity contribution in [2.45, 2.75) is 6.42 Å². The second kappa shape index (κ2) is 7.16. The summed E-state index contributed by atoms with van der Waals surface area (Å²) < 4.78 is 15.3. The molecule has 4 rings (SSSR count). The van der Waals surface area contributed by atoms with E-state index < -0.39 is 10.7 Å². The largest absolute Gasteiger partial charge is 0.393 e. The predicted molar refractivity (Wildman–Crippen MR) is 108 cm³/mol.